The normalized spacial score (nSPS) is 21.5. The SMILES string of the molecule is Cc1ccc(NC(=O)NC2(C(=O)O)CCOC2)c(Cl)c1. The van der Waals surface area contributed by atoms with Crippen LogP contribution < -0.4 is 10.6 Å². The summed E-state index contributed by atoms with van der Waals surface area (Å²) in [5.41, 5.74) is 0.0164. The molecule has 0 aromatic heterocycles. The molecule has 0 spiro atoms. The highest BCUT2D eigenvalue weighted by Crippen LogP contribution is 2.23. The van der Waals surface area contributed by atoms with Crippen LogP contribution in [0.5, 0.6) is 0 Å². The molecule has 0 radical (unpaired) electrons. The van der Waals surface area contributed by atoms with Gasteiger partial charge in [0.05, 0.1) is 17.3 Å². The van der Waals surface area contributed by atoms with Crippen LogP contribution in [0.25, 0.3) is 0 Å². The molecular weight excluding hydrogens is 284 g/mol. The molecule has 6 nitrogen and oxygen atoms in total. The van der Waals surface area contributed by atoms with Crippen molar-refractivity contribution in [1.82, 2.24) is 5.32 Å². The van der Waals surface area contributed by atoms with Gasteiger partial charge in [-0.2, -0.15) is 0 Å². The van der Waals surface area contributed by atoms with E-state index in [1.54, 1.807) is 18.2 Å². The van der Waals surface area contributed by atoms with E-state index in [0.29, 0.717) is 17.3 Å². The summed E-state index contributed by atoms with van der Waals surface area (Å²) in [6.45, 7) is 2.14. The Kier molecular flexibility index (Phi) is 4.15. The summed E-state index contributed by atoms with van der Waals surface area (Å²) in [5.74, 6) is -1.11. The Morgan fingerprint density at radius 3 is 2.75 bits per heavy atom. The standard InChI is InChI=1S/C13H15ClN2O4/c1-8-2-3-10(9(14)6-8)15-12(19)16-13(11(17)18)4-5-20-7-13/h2-3,6H,4-5,7H2,1H3,(H,17,18)(H2,15,16,19). The molecule has 1 aromatic carbocycles. The number of halogens is 1. The minimum Gasteiger partial charge on any atom is -0.479 e. The Labute approximate surface area is 121 Å². The summed E-state index contributed by atoms with van der Waals surface area (Å²) in [5, 5.41) is 14.6. The molecule has 0 bridgehead atoms. The minimum absolute atomic E-state index is 0.0443. The predicted octanol–water partition coefficient (Wildman–Crippen LogP) is 2.01. The van der Waals surface area contributed by atoms with Gasteiger partial charge in [-0.05, 0) is 24.6 Å². The number of ether oxygens (including phenoxy) is 1. The molecule has 1 atom stereocenters. The molecule has 1 aliphatic rings. The van der Waals surface area contributed by atoms with Gasteiger partial charge < -0.3 is 20.5 Å². The number of urea groups is 1. The van der Waals surface area contributed by atoms with E-state index in [1.807, 2.05) is 6.92 Å². The molecule has 2 amide bonds. The number of hydrogen-bond acceptors (Lipinski definition) is 3. The lowest BCUT2D eigenvalue weighted by Gasteiger charge is -2.24. The Bertz CT molecular complexity index is 541. The minimum atomic E-state index is -1.37. The number of carbonyl (C=O) groups excluding carboxylic acids is 1. The maximum atomic E-state index is 11.9. The number of aryl methyl sites for hydroxylation is 1. The van der Waals surface area contributed by atoms with Crippen molar-refractivity contribution in [3.8, 4) is 0 Å². The fourth-order valence-corrected chi connectivity index (χ4v) is 2.26. The Hall–Kier alpha value is -1.79. The fraction of sp³-hybridized carbons (Fsp3) is 0.385. The molecule has 1 heterocycles. The van der Waals surface area contributed by atoms with E-state index >= 15 is 0 Å². The molecule has 1 fully saturated rings. The van der Waals surface area contributed by atoms with Gasteiger partial charge in [-0.1, -0.05) is 17.7 Å². The van der Waals surface area contributed by atoms with Crippen molar-refractivity contribution in [2.24, 2.45) is 0 Å². The summed E-state index contributed by atoms with van der Waals surface area (Å²) in [4.78, 5) is 23.2. The van der Waals surface area contributed by atoms with Crippen molar-refractivity contribution < 1.29 is 19.4 Å². The molecule has 1 unspecified atom stereocenters. The zero-order chi connectivity index (χ0) is 14.8. The molecule has 3 N–H and O–H groups in total. The summed E-state index contributed by atoms with van der Waals surface area (Å²) in [6, 6.07) is 4.55. The second-order valence-corrected chi connectivity index (χ2v) is 5.16. The van der Waals surface area contributed by atoms with Gasteiger partial charge in [0.15, 0.2) is 5.54 Å². The van der Waals surface area contributed by atoms with Gasteiger partial charge in [0, 0.05) is 13.0 Å². The third-order valence-electron chi connectivity index (χ3n) is 3.16. The quantitative estimate of drug-likeness (QED) is 0.796. The smallest absolute Gasteiger partial charge is 0.332 e. The van der Waals surface area contributed by atoms with Gasteiger partial charge >= 0.3 is 12.0 Å². The van der Waals surface area contributed by atoms with Crippen LogP contribution in [0, 0.1) is 6.92 Å². The number of aliphatic carboxylic acids is 1. The van der Waals surface area contributed by atoms with Crippen LogP contribution >= 0.6 is 11.6 Å². The second kappa shape index (κ2) is 5.68. The molecule has 7 heteroatoms. The van der Waals surface area contributed by atoms with E-state index in [0.717, 1.165) is 5.56 Å². The van der Waals surface area contributed by atoms with Crippen LogP contribution in [0.4, 0.5) is 10.5 Å². The lowest BCUT2D eigenvalue weighted by atomic mass is 9.99. The van der Waals surface area contributed by atoms with E-state index in [-0.39, 0.29) is 13.0 Å². The average molecular weight is 299 g/mol. The number of benzene rings is 1. The number of amides is 2. The Morgan fingerprint density at radius 2 is 2.20 bits per heavy atom. The molecule has 108 valence electrons. The first-order chi connectivity index (χ1) is 9.43. The van der Waals surface area contributed by atoms with Crippen LogP contribution in [-0.4, -0.2) is 35.9 Å². The number of rotatable bonds is 3. The van der Waals surface area contributed by atoms with Crippen molar-refractivity contribution in [2.45, 2.75) is 18.9 Å². The number of carboxylic acid groups (broad SMARTS) is 1. The Balaban J connectivity index is 2.07. The first-order valence-electron chi connectivity index (χ1n) is 6.09. The van der Waals surface area contributed by atoms with Crippen molar-refractivity contribution in [2.75, 3.05) is 18.5 Å². The van der Waals surface area contributed by atoms with Crippen LogP contribution in [0.1, 0.15) is 12.0 Å². The lowest BCUT2D eigenvalue weighted by molar-refractivity contribution is -0.144. The molecule has 2 rings (SSSR count). The third kappa shape index (κ3) is 3.02. The summed E-state index contributed by atoms with van der Waals surface area (Å²) >= 11 is 6.00. The van der Waals surface area contributed by atoms with E-state index in [9.17, 15) is 14.7 Å². The largest absolute Gasteiger partial charge is 0.479 e. The van der Waals surface area contributed by atoms with E-state index in [2.05, 4.69) is 10.6 Å². The first kappa shape index (κ1) is 14.6. The zero-order valence-electron chi connectivity index (χ0n) is 10.9. The van der Waals surface area contributed by atoms with Crippen molar-refractivity contribution in [3.05, 3.63) is 28.8 Å². The average Bonchev–Trinajstić information content (AvgIpc) is 2.82. The fourth-order valence-electron chi connectivity index (χ4n) is 1.98. The van der Waals surface area contributed by atoms with Crippen LogP contribution in [0.15, 0.2) is 18.2 Å². The monoisotopic (exact) mass is 298 g/mol. The lowest BCUT2D eigenvalue weighted by Crippen LogP contribution is -2.56. The highest BCUT2D eigenvalue weighted by Gasteiger charge is 2.44. The highest BCUT2D eigenvalue weighted by molar-refractivity contribution is 6.33. The van der Waals surface area contributed by atoms with Crippen molar-refractivity contribution in [3.63, 3.8) is 0 Å². The molecule has 0 saturated carbocycles. The molecule has 0 aliphatic carbocycles. The summed E-state index contributed by atoms with van der Waals surface area (Å²) in [6.07, 6.45) is 0.234. The van der Waals surface area contributed by atoms with Gasteiger partial charge in [0.2, 0.25) is 0 Å². The van der Waals surface area contributed by atoms with Gasteiger partial charge in [-0.25, -0.2) is 9.59 Å². The molecule has 1 aliphatic heterocycles. The van der Waals surface area contributed by atoms with Gasteiger partial charge in [0.25, 0.3) is 0 Å². The number of nitrogens with one attached hydrogen (secondary N) is 2. The molecule has 20 heavy (non-hydrogen) atoms. The number of carbonyl (C=O) groups is 2. The van der Waals surface area contributed by atoms with Crippen LogP contribution in [0.2, 0.25) is 5.02 Å². The number of anilines is 1. The van der Waals surface area contributed by atoms with Gasteiger partial charge in [-0.3, -0.25) is 0 Å². The van der Waals surface area contributed by atoms with E-state index in [1.165, 1.54) is 0 Å². The zero-order valence-corrected chi connectivity index (χ0v) is 11.7. The molecule has 1 saturated heterocycles. The predicted molar refractivity (Wildman–Crippen MR) is 74.1 cm³/mol. The maximum absolute atomic E-state index is 11.9. The first-order valence-corrected chi connectivity index (χ1v) is 6.47. The molecular formula is C13H15ClN2O4. The third-order valence-corrected chi connectivity index (χ3v) is 3.47. The van der Waals surface area contributed by atoms with Gasteiger partial charge in [-0.15, -0.1) is 0 Å². The van der Waals surface area contributed by atoms with Crippen molar-refractivity contribution >= 4 is 29.3 Å². The molecule has 1 aromatic rings. The topological polar surface area (TPSA) is 87.7 Å². The summed E-state index contributed by atoms with van der Waals surface area (Å²) in [7, 11) is 0. The highest BCUT2D eigenvalue weighted by atomic mass is 35.5. The van der Waals surface area contributed by atoms with E-state index < -0.39 is 17.5 Å². The second-order valence-electron chi connectivity index (χ2n) is 4.75. The van der Waals surface area contributed by atoms with E-state index in [4.69, 9.17) is 16.3 Å². The summed E-state index contributed by atoms with van der Waals surface area (Å²) < 4.78 is 5.06. The Morgan fingerprint density at radius 1 is 1.45 bits per heavy atom. The maximum Gasteiger partial charge on any atom is 0.332 e. The van der Waals surface area contributed by atoms with Gasteiger partial charge in [0.1, 0.15) is 0 Å². The van der Waals surface area contributed by atoms with Crippen molar-refractivity contribution in [1.29, 1.82) is 0 Å². The number of carboxylic acids is 1. The number of hydrogen-bond donors (Lipinski definition) is 3. The van der Waals surface area contributed by atoms with Crippen LogP contribution in [-0.2, 0) is 9.53 Å². The van der Waals surface area contributed by atoms with Crippen LogP contribution in [0.3, 0.4) is 0 Å².